The van der Waals surface area contributed by atoms with Gasteiger partial charge in [0.2, 0.25) is 5.91 Å². The molecule has 3 rings (SSSR count). The molecule has 1 saturated carbocycles. The molecule has 4 N–H and O–H groups in total. The van der Waals surface area contributed by atoms with E-state index in [9.17, 15) is 14.4 Å². The van der Waals surface area contributed by atoms with Crippen LogP contribution in [0.3, 0.4) is 0 Å². The minimum atomic E-state index is -0.627. The van der Waals surface area contributed by atoms with Crippen LogP contribution in [0.5, 0.6) is 0 Å². The van der Waals surface area contributed by atoms with Gasteiger partial charge in [-0.2, -0.15) is 0 Å². The van der Waals surface area contributed by atoms with Crippen molar-refractivity contribution in [1.82, 2.24) is 21.5 Å². The van der Waals surface area contributed by atoms with Crippen molar-refractivity contribution in [3.05, 3.63) is 35.9 Å². The van der Waals surface area contributed by atoms with Crippen molar-refractivity contribution < 1.29 is 14.4 Å². The highest BCUT2D eigenvalue weighted by Crippen LogP contribution is 2.33. The van der Waals surface area contributed by atoms with E-state index in [-0.39, 0.29) is 29.8 Å². The van der Waals surface area contributed by atoms with Crippen LogP contribution in [0.15, 0.2) is 30.3 Å². The van der Waals surface area contributed by atoms with E-state index in [1.807, 2.05) is 25.1 Å². The van der Waals surface area contributed by atoms with Gasteiger partial charge in [-0.15, -0.1) is 0 Å². The van der Waals surface area contributed by atoms with Crippen LogP contribution in [-0.2, 0) is 20.8 Å². The lowest BCUT2D eigenvalue weighted by Crippen LogP contribution is -2.62. The third kappa shape index (κ3) is 5.32. The standard InChI is InChI=1S/C21H30N4O3/c1-14(11-12-15-7-3-2-4-8-15)23-21(28)20(27)22-13-18-16-9-5-6-10-17(16)19(26)25-24-18/h2-4,7-8,14,16-18,24H,5-6,9-13H2,1H3,(H,22,27)(H,23,28)(H,25,26). The number of hydrogen-bond donors (Lipinski definition) is 4. The minimum Gasteiger partial charge on any atom is -0.346 e. The van der Waals surface area contributed by atoms with Gasteiger partial charge in [0.1, 0.15) is 0 Å². The molecule has 1 saturated heterocycles. The lowest BCUT2D eigenvalue weighted by molar-refractivity contribution is -0.140. The third-order valence-electron chi connectivity index (χ3n) is 5.83. The number of benzene rings is 1. The highest BCUT2D eigenvalue weighted by Gasteiger charge is 2.40. The van der Waals surface area contributed by atoms with Crippen molar-refractivity contribution >= 4 is 17.7 Å². The number of fused-ring (bicyclic) bond motifs is 1. The minimum absolute atomic E-state index is 0.00346. The van der Waals surface area contributed by atoms with E-state index in [0.717, 1.165) is 38.5 Å². The second-order valence-electron chi connectivity index (χ2n) is 7.90. The van der Waals surface area contributed by atoms with E-state index in [2.05, 4.69) is 33.6 Å². The molecule has 7 nitrogen and oxygen atoms in total. The number of carbonyl (C=O) groups is 3. The molecule has 1 aromatic carbocycles. The number of nitrogens with one attached hydrogen (secondary N) is 4. The van der Waals surface area contributed by atoms with Gasteiger partial charge >= 0.3 is 11.8 Å². The van der Waals surface area contributed by atoms with Crippen molar-refractivity contribution in [2.45, 2.75) is 57.5 Å². The molecule has 1 aromatic rings. The maximum absolute atomic E-state index is 12.2. The summed E-state index contributed by atoms with van der Waals surface area (Å²) in [5.41, 5.74) is 6.91. The Morgan fingerprint density at radius 1 is 1.14 bits per heavy atom. The van der Waals surface area contributed by atoms with Gasteiger partial charge in [0.05, 0.1) is 0 Å². The Morgan fingerprint density at radius 2 is 1.89 bits per heavy atom. The summed E-state index contributed by atoms with van der Waals surface area (Å²) in [6, 6.07) is 9.92. The van der Waals surface area contributed by atoms with E-state index in [1.54, 1.807) is 0 Å². The summed E-state index contributed by atoms with van der Waals surface area (Å²) in [7, 11) is 0. The van der Waals surface area contributed by atoms with E-state index in [0.29, 0.717) is 6.54 Å². The Kier molecular flexibility index (Phi) is 7.03. The number of hydrogen-bond acceptors (Lipinski definition) is 4. The van der Waals surface area contributed by atoms with Gasteiger partial charge < -0.3 is 10.6 Å². The quantitative estimate of drug-likeness (QED) is 0.549. The fraction of sp³-hybridized carbons (Fsp3) is 0.571. The van der Waals surface area contributed by atoms with Crippen LogP contribution < -0.4 is 21.5 Å². The summed E-state index contributed by atoms with van der Waals surface area (Å²) in [5, 5.41) is 5.47. The van der Waals surface area contributed by atoms with Gasteiger partial charge in [0, 0.05) is 24.5 Å². The van der Waals surface area contributed by atoms with Crippen molar-refractivity contribution in [2.24, 2.45) is 11.8 Å². The first-order valence-corrected chi connectivity index (χ1v) is 10.2. The zero-order valence-electron chi connectivity index (χ0n) is 16.4. The number of rotatable bonds is 6. The molecule has 4 atom stereocenters. The zero-order valence-corrected chi connectivity index (χ0v) is 16.4. The molecular weight excluding hydrogens is 356 g/mol. The maximum Gasteiger partial charge on any atom is 0.309 e. The van der Waals surface area contributed by atoms with Crippen LogP contribution in [0, 0.1) is 11.8 Å². The molecular formula is C21H30N4O3. The van der Waals surface area contributed by atoms with E-state index in [1.165, 1.54) is 5.56 Å². The maximum atomic E-state index is 12.2. The Labute approximate surface area is 166 Å². The second-order valence-corrected chi connectivity index (χ2v) is 7.90. The molecule has 1 aliphatic heterocycles. The van der Waals surface area contributed by atoms with E-state index >= 15 is 0 Å². The Balaban J connectivity index is 1.41. The molecule has 0 spiro atoms. The van der Waals surface area contributed by atoms with Crippen LogP contribution in [0.1, 0.15) is 44.6 Å². The molecule has 2 fully saturated rings. The number of hydrazine groups is 1. The first-order valence-electron chi connectivity index (χ1n) is 10.2. The van der Waals surface area contributed by atoms with E-state index < -0.39 is 11.8 Å². The van der Waals surface area contributed by atoms with Crippen molar-refractivity contribution in [1.29, 1.82) is 0 Å². The first kappa shape index (κ1) is 20.3. The van der Waals surface area contributed by atoms with Gasteiger partial charge in [-0.05, 0) is 44.1 Å². The molecule has 0 bridgehead atoms. The van der Waals surface area contributed by atoms with Gasteiger partial charge in [-0.1, -0.05) is 43.2 Å². The second kappa shape index (κ2) is 9.68. The number of amides is 3. The third-order valence-corrected chi connectivity index (χ3v) is 5.83. The van der Waals surface area contributed by atoms with Crippen molar-refractivity contribution in [3.8, 4) is 0 Å². The van der Waals surface area contributed by atoms with E-state index in [4.69, 9.17) is 0 Å². The lowest BCUT2D eigenvalue weighted by Gasteiger charge is -2.41. The van der Waals surface area contributed by atoms with Crippen molar-refractivity contribution in [3.63, 3.8) is 0 Å². The highest BCUT2D eigenvalue weighted by atomic mass is 16.2. The Bertz CT molecular complexity index is 694. The predicted molar refractivity (Wildman–Crippen MR) is 106 cm³/mol. The molecule has 0 aromatic heterocycles. The molecule has 4 unspecified atom stereocenters. The Morgan fingerprint density at radius 3 is 2.68 bits per heavy atom. The number of carbonyl (C=O) groups excluding carboxylic acids is 3. The van der Waals surface area contributed by atoms with Gasteiger partial charge in [-0.3, -0.25) is 19.8 Å². The molecule has 1 heterocycles. The summed E-state index contributed by atoms with van der Waals surface area (Å²) in [4.78, 5) is 36.3. The zero-order chi connectivity index (χ0) is 19.9. The Hall–Kier alpha value is -2.41. The van der Waals surface area contributed by atoms with Crippen LogP contribution in [0.2, 0.25) is 0 Å². The fourth-order valence-electron chi connectivity index (χ4n) is 4.20. The fourth-order valence-corrected chi connectivity index (χ4v) is 4.20. The molecule has 3 amide bonds. The molecule has 152 valence electrons. The van der Waals surface area contributed by atoms with Gasteiger partial charge in [0.25, 0.3) is 0 Å². The summed E-state index contributed by atoms with van der Waals surface area (Å²) in [6.07, 6.45) is 5.63. The first-order chi connectivity index (χ1) is 13.5. The summed E-state index contributed by atoms with van der Waals surface area (Å²) in [6.45, 7) is 2.23. The van der Waals surface area contributed by atoms with Crippen LogP contribution in [0.4, 0.5) is 0 Å². The largest absolute Gasteiger partial charge is 0.346 e. The van der Waals surface area contributed by atoms with Gasteiger partial charge in [0.15, 0.2) is 0 Å². The SMILES string of the molecule is CC(CCc1ccccc1)NC(=O)C(=O)NCC1NNC(=O)C2CCCCC12. The average Bonchev–Trinajstić information content (AvgIpc) is 2.72. The molecule has 28 heavy (non-hydrogen) atoms. The topological polar surface area (TPSA) is 99.3 Å². The lowest BCUT2D eigenvalue weighted by atomic mass is 9.74. The van der Waals surface area contributed by atoms with Crippen LogP contribution in [0.25, 0.3) is 0 Å². The average molecular weight is 386 g/mol. The monoisotopic (exact) mass is 386 g/mol. The molecule has 0 radical (unpaired) electrons. The summed E-state index contributed by atoms with van der Waals surface area (Å²) >= 11 is 0. The number of aryl methyl sites for hydroxylation is 1. The predicted octanol–water partition coefficient (Wildman–Crippen LogP) is 1.05. The van der Waals surface area contributed by atoms with Crippen LogP contribution >= 0.6 is 0 Å². The molecule has 1 aliphatic carbocycles. The summed E-state index contributed by atoms with van der Waals surface area (Å²) < 4.78 is 0. The van der Waals surface area contributed by atoms with Gasteiger partial charge in [-0.25, -0.2) is 5.43 Å². The molecule has 7 heteroatoms. The van der Waals surface area contributed by atoms with Crippen molar-refractivity contribution in [2.75, 3.05) is 6.54 Å². The normalized spacial score (nSPS) is 25.2. The smallest absolute Gasteiger partial charge is 0.309 e. The molecule has 2 aliphatic rings. The van der Waals surface area contributed by atoms with Crippen LogP contribution in [-0.4, -0.2) is 36.3 Å². The summed E-state index contributed by atoms with van der Waals surface area (Å²) in [5.74, 6) is -0.991. The highest BCUT2D eigenvalue weighted by molar-refractivity contribution is 6.35.